The zero-order valence-corrected chi connectivity index (χ0v) is 34.9. The van der Waals surface area contributed by atoms with Crippen molar-refractivity contribution >= 4 is 11.8 Å². The Bertz CT molecular complexity index is 1870. The molecule has 4 aromatic carbocycles. The fourth-order valence-electron chi connectivity index (χ4n) is 7.66. The summed E-state index contributed by atoms with van der Waals surface area (Å²) in [6, 6.07) is 33.8. The predicted octanol–water partition coefficient (Wildman–Crippen LogP) is 6.73. The highest BCUT2D eigenvalue weighted by molar-refractivity contribution is 5.82. The third-order valence-corrected chi connectivity index (χ3v) is 10.3. The lowest BCUT2D eigenvalue weighted by Gasteiger charge is -2.32. The highest BCUT2D eigenvalue weighted by Gasteiger charge is 2.52. The van der Waals surface area contributed by atoms with Gasteiger partial charge in [0.2, 0.25) is 0 Å². The molecule has 0 aromatic heterocycles. The molecule has 0 saturated carbocycles. The Morgan fingerprint density at radius 2 is 0.726 bits per heavy atom. The Morgan fingerprint density at radius 1 is 0.484 bits per heavy atom. The molecule has 336 valence electrons. The lowest BCUT2D eigenvalue weighted by molar-refractivity contribution is -0.177. The van der Waals surface area contributed by atoms with Crippen LogP contribution in [0.25, 0.3) is 0 Å². The van der Waals surface area contributed by atoms with E-state index in [1.807, 2.05) is 60.9 Å². The number of ether oxygens (including phenoxy) is 4. The van der Waals surface area contributed by atoms with E-state index in [0.29, 0.717) is 11.1 Å². The first-order valence-corrected chi connectivity index (χ1v) is 20.2. The van der Waals surface area contributed by atoms with Crippen molar-refractivity contribution < 1.29 is 54.9 Å². The summed E-state index contributed by atoms with van der Waals surface area (Å²) in [5.74, 6) is -6.58. The maximum Gasteiger partial charge on any atom is 0.471 e. The quantitative estimate of drug-likeness (QED) is 0.102. The highest BCUT2D eigenvalue weighted by Crippen LogP contribution is 2.35. The number of benzene rings is 4. The Labute approximate surface area is 357 Å². The van der Waals surface area contributed by atoms with Gasteiger partial charge in [-0.25, -0.2) is 0 Å². The van der Waals surface area contributed by atoms with Crippen LogP contribution in [0.4, 0.5) is 26.3 Å². The van der Waals surface area contributed by atoms with Gasteiger partial charge in [0.1, 0.15) is 24.4 Å². The molecule has 0 spiro atoms. The molecular formula is C46H54F6N4O6. The van der Waals surface area contributed by atoms with Crippen LogP contribution in [0.15, 0.2) is 121 Å². The van der Waals surface area contributed by atoms with E-state index in [2.05, 4.69) is 24.3 Å². The average Bonchev–Trinajstić information content (AvgIpc) is 3.73. The summed E-state index contributed by atoms with van der Waals surface area (Å²) in [7, 11) is 0. The first kappa shape index (κ1) is 48.2. The van der Waals surface area contributed by atoms with Crippen LogP contribution in [0.2, 0.25) is 0 Å². The number of hydrogen-bond acceptors (Lipinski definition) is 8. The van der Waals surface area contributed by atoms with Crippen molar-refractivity contribution in [2.75, 3.05) is 0 Å². The fourth-order valence-corrected chi connectivity index (χ4v) is 7.66. The Kier molecular flexibility index (Phi) is 16.0. The summed E-state index contributed by atoms with van der Waals surface area (Å²) in [6.45, 7) is 6.72. The van der Waals surface area contributed by atoms with Crippen LogP contribution in [0.1, 0.15) is 49.9 Å². The molecule has 0 bridgehead atoms. The third-order valence-electron chi connectivity index (χ3n) is 10.3. The third kappa shape index (κ3) is 14.1. The van der Waals surface area contributed by atoms with Crippen molar-refractivity contribution in [3.05, 3.63) is 144 Å². The van der Waals surface area contributed by atoms with Crippen molar-refractivity contribution in [3.8, 4) is 0 Å². The van der Waals surface area contributed by atoms with Crippen LogP contribution < -0.4 is 22.1 Å². The number of carbonyl (C=O) groups is 2. The summed E-state index contributed by atoms with van der Waals surface area (Å²) in [5.41, 5.74) is 16.5. The first-order valence-electron chi connectivity index (χ1n) is 20.2. The van der Waals surface area contributed by atoms with Gasteiger partial charge in [0.15, 0.2) is 11.6 Å². The van der Waals surface area contributed by atoms with E-state index in [1.54, 1.807) is 60.7 Å². The van der Waals surface area contributed by atoms with Gasteiger partial charge in [0.05, 0.1) is 12.1 Å². The molecule has 6 N–H and O–H groups in total. The molecule has 62 heavy (non-hydrogen) atoms. The molecule has 10 nitrogen and oxygen atoms in total. The summed E-state index contributed by atoms with van der Waals surface area (Å²) in [5, 5.41) is 3.83. The van der Waals surface area contributed by atoms with Gasteiger partial charge in [-0.15, -0.1) is 0 Å². The molecular weight excluding hydrogens is 819 g/mol. The second kappa shape index (κ2) is 20.6. The fraction of sp³-hybridized carbons (Fsp3) is 0.435. The number of rotatable bonds is 14. The zero-order chi connectivity index (χ0) is 45.3. The van der Waals surface area contributed by atoms with E-state index in [4.69, 9.17) is 30.4 Å². The molecule has 0 radical (unpaired) electrons. The van der Waals surface area contributed by atoms with Crippen molar-refractivity contribution in [2.24, 2.45) is 11.5 Å². The maximum absolute atomic E-state index is 13.2. The van der Waals surface area contributed by atoms with E-state index < -0.39 is 60.0 Å². The van der Waals surface area contributed by atoms with Crippen molar-refractivity contribution in [1.82, 2.24) is 10.6 Å². The average molecular weight is 873 g/mol. The number of alkyl halides is 6. The first-order chi connectivity index (χ1) is 29.1. The number of nitrogens with one attached hydrogen (secondary N) is 2. The molecule has 2 aliphatic rings. The van der Waals surface area contributed by atoms with Crippen LogP contribution in [0.3, 0.4) is 0 Å². The molecule has 2 amide bonds. The number of halogens is 6. The van der Waals surface area contributed by atoms with Gasteiger partial charge in [-0.1, -0.05) is 121 Å². The predicted molar refractivity (Wildman–Crippen MR) is 220 cm³/mol. The number of carbonyl (C=O) groups excluding carboxylic acids is 2. The molecule has 2 fully saturated rings. The van der Waals surface area contributed by atoms with Crippen LogP contribution in [0.5, 0.6) is 0 Å². The second-order valence-corrected chi connectivity index (χ2v) is 16.4. The largest absolute Gasteiger partial charge is 0.471 e. The van der Waals surface area contributed by atoms with Crippen molar-refractivity contribution in [2.45, 2.75) is 126 Å². The SMILES string of the molecule is CC1(C)OC([C@@H](Cc2ccccc2)NC(=O)C(F)(F)F)C([C@@H](Cc2ccccc2)NC(=O)C(F)(F)F)O1.CC1(C)O[C@@H]([C@H](N)Cc2ccccc2)[C@H]([C@H](N)Cc2ccccc2)O1. The Hall–Kier alpha value is -4.84. The van der Waals surface area contributed by atoms with Crippen LogP contribution >= 0.6 is 0 Å². The molecule has 2 aliphatic heterocycles. The molecule has 4 aromatic rings. The Morgan fingerprint density at radius 3 is 0.984 bits per heavy atom. The van der Waals surface area contributed by atoms with Crippen LogP contribution in [-0.2, 0) is 54.2 Å². The number of nitrogens with two attached hydrogens (primary N) is 2. The van der Waals surface area contributed by atoms with E-state index in [-0.39, 0.29) is 37.1 Å². The number of hydrogen-bond donors (Lipinski definition) is 4. The summed E-state index contributed by atoms with van der Waals surface area (Å²) < 4.78 is 103. The van der Waals surface area contributed by atoms with Gasteiger partial charge in [-0.2, -0.15) is 26.3 Å². The summed E-state index contributed by atoms with van der Waals surface area (Å²) >= 11 is 0. The van der Waals surface area contributed by atoms with E-state index in [1.165, 1.54) is 25.0 Å². The minimum absolute atomic E-state index is 0.144. The molecule has 2 unspecified atom stereocenters. The van der Waals surface area contributed by atoms with Crippen molar-refractivity contribution in [3.63, 3.8) is 0 Å². The summed E-state index contributed by atoms with van der Waals surface area (Å²) in [6.07, 6.45) is -12.4. The monoisotopic (exact) mass is 872 g/mol. The molecule has 6 rings (SSSR count). The molecule has 0 aliphatic carbocycles. The molecule has 2 saturated heterocycles. The number of amides is 2. The van der Waals surface area contributed by atoms with E-state index in [9.17, 15) is 35.9 Å². The van der Waals surface area contributed by atoms with Crippen LogP contribution in [0, 0.1) is 0 Å². The van der Waals surface area contributed by atoms with Gasteiger partial charge in [0.25, 0.3) is 0 Å². The van der Waals surface area contributed by atoms with Crippen molar-refractivity contribution in [1.29, 1.82) is 0 Å². The van der Waals surface area contributed by atoms with Gasteiger partial charge in [-0.05, 0) is 75.6 Å². The lowest BCUT2D eigenvalue weighted by atomic mass is 9.91. The summed E-state index contributed by atoms with van der Waals surface area (Å²) in [4.78, 5) is 23.8. The molecule has 2 heterocycles. The van der Waals surface area contributed by atoms with Crippen LogP contribution in [-0.4, -0.2) is 84.3 Å². The van der Waals surface area contributed by atoms with Gasteiger partial charge in [-0.3, -0.25) is 9.59 Å². The maximum atomic E-state index is 13.2. The zero-order valence-electron chi connectivity index (χ0n) is 34.9. The van der Waals surface area contributed by atoms with Gasteiger partial charge < -0.3 is 41.0 Å². The lowest BCUT2D eigenvalue weighted by Crippen LogP contribution is -2.58. The molecule has 16 heteroatoms. The highest BCUT2D eigenvalue weighted by atomic mass is 19.4. The minimum atomic E-state index is -5.21. The van der Waals surface area contributed by atoms with E-state index in [0.717, 1.165) is 12.8 Å². The smallest absolute Gasteiger partial charge is 0.343 e. The second-order valence-electron chi connectivity index (χ2n) is 16.4. The van der Waals surface area contributed by atoms with Gasteiger partial charge in [0, 0.05) is 12.1 Å². The standard InChI is InChI=1S/C25H26F6N2O4.C21H28N2O2/c1-23(2)36-19(17(32-21(34)24(26,27)28)13-15-9-5-3-6-10-15)20(37-23)18(33-22(35)25(29,30)31)14-16-11-7-4-8-12-16;1-21(2)24-19(17(22)13-15-9-5-3-6-10-15)20(25-21)18(23)14-16-11-7-4-8-12-16/h3-12,17-20H,13-14H2,1-2H3,(H,32,34)(H,33,35);3-12,17-20H,13-14,22-23H2,1-2H3/t17-,18-,19?,20?;17-,18-,19+,20+/m11/s1. The Balaban J connectivity index is 0.000000252. The normalized spacial score (nSPS) is 22.6. The van der Waals surface area contributed by atoms with E-state index >= 15 is 0 Å². The minimum Gasteiger partial charge on any atom is -0.343 e. The van der Waals surface area contributed by atoms with Gasteiger partial charge >= 0.3 is 24.2 Å². The topological polar surface area (TPSA) is 147 Å². The molecule has 8 atom stereocenters.